The Hall–Kier alpha value is -2.09. The van der Waals surface area contributed by atoms with Gasteiger partial charge in [0.15, 0.2) is 0 Å². The lowest BCUT2D eigenvalue weighted by Crippen LogP contribution is -2.38. The van der Waals surface area contributed by atoms with E-state index in [-0.39, 0.29) is 5.69 Å². The molecule has 1 unspecified atom stereocenters. The number of hydrogen-bond acceptors (Lipinski definition) is 2. The summed E-state index contributed by atoms with van der Waals surface area (Å²) < 4.78 is 13.3. The summed E-state index contributed by atoms with van der Waals surface area (Å²) in [6.45, 7) is 0.540. The zero-order valence-corrected chi connectivity index (χ0v) is 9.19. The van der Waals surface area contributed by atoms with Crippen LogP contribution in [0.2, 0.25) is 0 Å². The van der Waals surface area contributed by atoms with Crippen molar-refractivity contribution >= 4 is 11.7 Å². The van der Waals surface area contributed by atoms with E-state index in [2.05, 4.69) is 11.4 Å². The van der Waals surface area contributed by atoms with Crippen molar-refractivity contribution in [2.24, 2.45) is 0 Å². The van der Waals surface area contributed by atoms with E-state index in [4.69, 9.17) is 5.26 Å². The molecule has 17 heavy (non-hydrogen) atoms. The van der Waals surface area contributed by atoms with Crippen molar-refractivity contribution in [3.63, 3.8) is 0 Å². The largest absolute Gasteiger partial charge is 0.323 e. The molecular weight excluding hydrogens is 221 g/mol. The summed E-state index contributed by atoms with van der Waals surface area (Å²) in [5.41, 5.74) is 0.140. The highest BCUT2D eigenvalue weighted by Crippen LogP contribution is 2.19. The van der Waals surface area contributed by atoms with Gasteiger partial charge in [-0.2, -0.15) is 5.26 Å². The molecule has 0 radical (unpaired) electrons. The Labute approximate surface area is 98.6 Å². The summed E-state index contributed by atoms with van der Waals surface area (Å²) in [6, 6.07) is 7.22. The Morgan fingerprint density at radius 3 is 3.00 bits per heavy atom. The van der Waals surface area contributed by atoms with Gasteiger partial charge < -0.3 is 10.2 Å². The van der Waals surface area contributed by atoms with Gasteiger partial charge in [0.1, 0.15) is 11.9 Å². The highest BCUT2D eigenvalue weighted by Gasteiger charge is 2.28. The van der Waals surface area contributed by atoms with Crippen molar-refractivity contribution in [2.45, 2.75) is 18.9 Å². The standard InChI is InChI=1S/C12H12FN3O/c13-10-5-1-2-6-11(10)15-12(17)16-7-3-4-9(16)8-14/h1-2,5-6,9H,3-4,7H2,(H,15,17). The van der Waals surface area contributed by atoms with E-state index in [1.165, 1.54) is 17.0 Å². The Morgan fingerprint density at radius 1 is 1.53 bits per heavy atom. The molecule has 2 amide bonds. The van der Waals surface area contributed by atoms with Crippen molar-refractivity contribution in [2.75, 3.05) is 11.9 Å². The molecule has 1 heterocycles. The average Bonchev–Trinajstić information content (AvgIpc) is 2.80. The topological polar surface area (TPSA) is 56.1 Å². The first-order valence-corrected chi connectivity index (χ1v) is 5.44. The summed E-state index contributed by atoms with van der Waals surface area (Å²) in [5.74, 6) is -0.478. The number of carbonyl (C=O) groups excluding carboxylic acids is 1. The van der Waals surface area contributed by atoms with Crippen LogP contribution in [0.4, 0.5) is 14.9 Å². The van der Waals surface area contributed by atoms with E-state index in [9.17, 15) is 9.18 Å². The van der Waals surface area contributed by atoms with Crippen molar-refractivity contribution in [1.82, 2.24) is 4.90 Å². The average molecular weight is 233 g/mol. The molecule has 88 valence electrons. The lowest BCUT2D eigenvalue weighted by atomic mass is 10.2. The Kier molecular flexibility index (Phi) is 3.24. The third-order valence-electron chi connectivity index (χ3n) is 2.78. The molecule has 0 aliphatic carbocycles. The lowest BCUT2D eigenvalue weighted by Gasteiger charge is -2.20. The number of nitrogens with one attached hydrogen (secondary N) is 1. The summed E-state index contributed by atoms with van der Waals surface area (Å²) in [7, 11) is 0. The number of nitriles is 1. The fourth-order valence-corrected chi connectivity index (χ4v) is 1.89. The van der Waals surface area contributed by atoms with Crippen LogP contribution in [0, 0.1) is 17.1 Å². The zero-order valence-electron chi connectivity index (χ0n) is 9.19. The van der Waals surface area contributed by atoms with Gasteiger partial charge in [0, 0.05) is 6.54 Å². The highest BCUT2D eigenvalue weighted by atomic mass is 19.1. The van der Waals surface area contributed by atoms with Gasteiger partial charge in [-0.3, -0.25) is 0 Å². The van der Waals surface area contributed by atoms with Crippen molar-refractivity contribution in [1.29, 1.82) is 5.26 Å². The van der Waals surface area contributed by atoms with E-state index in [1.807, 2.05) is 0 Å². The van der Waals surface area contributed by atoms with Gasteiger partial charge in [-0.05, 0) is 25.0 Å². The molecule has 1 saturated heterocycles. The second-order valence-corrected chi connectivity index (χ2v) is 3.89. The van der Waals surface area contributed by atoms with Crippen LogP contribution in [0.5, 0.6) is 0 Å². The van der Waals surface area contributed by atoms with E-state index in [1.54, 1.807) is 12.1 Å². The molecule has 1 aromatic carbocycles. The van der Waals surface area contributed by atoms with Crippen LogP contribution in [0.3, 0.4) is 0 Å². The molecule has 0 aromatic heterocycles. The maximum Gasteiger partial charge on any atom is 0.323 e. The summed E-state index contributed by atoms with van der Waals surface area (Å²) in [4.78, 5) is 13.3. The van der Waals surface area contributed by atoms with Crippen LogP contribution in [0.25, 0.3) is 0 Å². The maximum absolute atomic E-state index is 13.3. The van der Waals surface area contributed by atoms with Gasteiger partial charge in [-0.25, -0.2) is 9.18 Å². The lowest BCUT2D eigenvalue weighted by molar-refractivity contribution is 0.215. The van der Waals surface area contributed by atoms with E-state index < -0.39 is 17.9 Å². The number of carbonyl (C=O) groups is 1. The highest BCUT2D eigenvalue weighted by molar-refractivity contribution is 5.90. The molecule has 5 heteroatoms. The molecule has 4 nitrogen and oxygen atoms in total. The Bertz CT molecular complexity index is 469. The smallest absolute Gasteiger partial charge is 0.308 e. The number of urea groups is 1. The molecule has 0 spiro atoms. The van der Waals surface area contributed by atoms with Crippen LogP contribution < -0.4 is 5.32 Å². The molecule has 1 fully saturated rings. The second-order valence-electron chi connectivity index (χ2n) is 3.89. The zero-order chi connectivity index (χ0) is 12.3. The minimum Gasteiger partial charge on any atom is -0.308 e. The third kappa shape index (κ3) is 2.36. The number of halogens is 1. The van der Waals surface area contributed by atoms with Gasteiger partial charge >= 0.3 is 6.03 Å². The number of hydrogen-bond donors (Lipinski definition) is 1. The summed E-state index contributed by atoms with van der Waals surface area (Å²) in [6.07, 6.45) is 1.49. The normalized spacial score (nSPS) is 18.8. The van der Waals surface area contributed by atoms with E-state index in [0.717, 1.165) is 6.42 Å². The molecule has 1 aliphatic heterocycles. The van der Waals surface area contributed by atoms with Crippen LogP contribution in [0.15, 0.2) is 24.3 Å². The van der Waals surface area contributed by atoms with E-state index >= 15 is 0 Å². The number of likely N-dealkylation sites (tertiary alicyclic amines) is 1. The number of nitrogens with zero attached hydrogens (tertiary/aromatic N) is 2. The van der Waals surface area contributed by atoms with Gasteiger partial charge in [0.2, 0.25) is 0 Å². The Morgan fingerprint density at radius 2 is 2.29 bits per heavy atom. The molecule has 1 atom stereocenters. The van der Waals surface area contributed by atoms with Crippen molar-refractivity contribution in [3.8, 4) is 6.07 Å². The fraction of sp³-hybridized carbons (Fsp3) is 0.333. The van der Waals surface area contributed by atoms with Gasteiger partial charge in [-0.15, -0.1) is 0 Å². The third-order valence-corrected chi connectivity index (χ3v) is 2.78. The summed E-state index contributed by atoms with van der Waals surface area (Å²) >= 11 is 0. The minimum absolute atomic E-state index is 0.140. The molecule has 1 aromatic rings. The predicted octanol–water partition coefficient (Wildman–Crippen LogP) is 2.35. The first-order valence-electron chi connectivity index (χ1n) is 5.44. The monoisotopic (exact) mass is 233 g/mol. The molecule has 1 aliphatic rings. The summed E-state index contributed by atoms with van der Waals surface area (Å²) in [5, 5.41) is 11.3. The molecular formula is C12H12FN3O. The number of benzene rings is 1. The quantitative estimate of drug-likeness (QED) is 0.809. The van der Waals surface area contributed by atoms with Crippen molar-refractivity contribution < 1.29 is 9.18 Å². The predicted molar refractivity (Wildman–Crippen MR) is 60.8 cm³/mol. The van der Waals surface area contributed by atoms with Gasteiger partial charge in [0.25, 0.3) is 0 Å². The number of amides is 2. The van der Waals surface area contributed by atoms with Crippen molar-refractivity contribution in [3.05, 3.63) is 30.1 Å². The van der Waals surface area contributed by atoms with E-state index in [0.29, 0.717) is 13.0 Å². The molecule has 2 rings (SSSR count). The molecule has 0 saturated carbocycles. The minimum atomic E-state index is -0.478. The first kappa shape index (κ1) is 11.4. The number of rotatable bonds is 1. The van der Waals surface area contributed by atoms with Crippen LogP contribution in [-0.4, -0.2) is 23.5 Å². The molecule has 0 bridgehead atoms. The van der Waals surface area contributed by atoms with Crippen LogP contribution >= 0.6 is 0 Å². The van der Waals surface area contributed by atoms with Crippen LogP contribution in [-0.2, 0) is 0 Å². The van der Waals surface area contributed by atoms with Gasteiger partial charge in [0.05, 0.1) is 11.8 Å². The van der Waals surface area contributed by atoms with Crippen LogP contribution in [0.1, 0.15) is 12.8 Å². The van der Waals surface area contributed by atoms with Gasteiger partial charge in [-0.1, -0.05) is 12.1 Å². The number of anilines is 1. The first-order chi connectivity index (χ1) is 8.22. The number of para-hydroxylation sites is 1. The second kappa shape index (κ2) is 4.83. The molecule has 1 N–H and O–H groups in total. The fourth-order valence-electron chi connectivity index (χ4n) is 1.89. The maximum atomic E-state index is 13.3. The Balaban J connectivity index is 2.07. The SMILES string of the molecule is N#CC1CCCN1C(=O)Nc1ccccc1F.